The molecule has 1 aliphatic rings. The van der Waals surface area contributed by atoms with Gasteiger partial charge >= 0.3 is 12.0 Å². The summed E-state index contributed by atoms with van der Waals surface area (Å²) < 4.78 is 28.6. The zero-order chi connectivity index (χ0) is 20.1. The molecule has 1 fully saturated rings. The fraction of sp³-hybridized carbons (Fsp3) is 0.389. The van der Waals surface area contributed by atoms with Crippen LogP contribution in [0.15, 0.2) is 28.6 Å². The first-order valence-electron chi connectivity index (χ1n) is 8.76. The summed E-state index contributed by atoms with van der Waals surface area (Å²) in [7, 11) is 0. The number of carboxylic acid groups (broad SMARTS) is 1. The molecule has 1 aromatic heterocycles. The van der Waals surface area contributed by atoms with Gasteiger partial charge in [0.2, 0.25) is 0 Å². The van der Waals surface area contributed by atoms with Gasteiger partial charge in [-0.05, 0) is 30.9 Å². The largest absolute Gasteiger partial charge is 0.481 e. The number of hydrogen-bond acceptors (Lipinski definition) is 5. The molecule has 1 aliphatic carbocycles. The topological polar surface area (TPSA) is 82.5 Å². The number of carbonyl (C=O) groups excluding carboxylic acids is 1. The Morgan fingerprint density at radius 2 is 2.07 bits per heavy atom. The van der Waals surface area contributed by atoms with Crippen molar-refractivity contribution in [1.82, 2.24) is 4.98 Å². The van der Waals surface area contributed by atoms with Crippen LogP contribution in [0.5, 0.6) is 0 Å². The van der Waals surface area contributed by atoms with Crippen molar-refractivity contribution in [3.8, 4) is 0 Å². The predicted molar refractivity (Wildman–Crippen MR) is 105 cm³/mol. The van der Waals surface area contributed by atoms with Crippen LogP contribution in [0.3, 0.4) is 0 Å². The molecule has 6 nitrogen and oxygen atoms in total. The second-order valence-electron chi connectivity index (χ2n) is 6.45. The lowest BCUT2D eigenvalue weighted by Crippen LogP contribution is -2.38. The monoisotopic (exact) mass is 427 g/mol. The number of anilines is 2. The summed E-state index contributed by atoms with van der Waals surface area (Å²) >= 11 is 2.22. The zero-order valence-electron chi connectivity index (χ0n) is 14.9. The highest BCUT2D eigenvalue weighted by Gasteiger charge is 2.26. The Balaban J connectivity index is 1.76. The standard InChI is InChI=1S/C18H19F2N3O3S2/c19-12-5-6-13(20)14(7-12)23(9-11-3-1-2-4-11)18(26)22-17-21-8-16(28-17)27-10-15(24)25/h5-8,11H,1-4,9-10H2,(H,24,25)(H,21,22,26). The van der Waals surface area contributed by atoms with Crippen molar-refractivity contribution in [2.24, 2.45) is 5.92 Å². The van der Waals surface area contributed by atoms with Gasteiger partial charge in [-0.15, -0.1) is 11.8 Å². The maximum Gasteiger partial charge on any atom is 0.328 e. The van der Waals surface area contributed by atoms with Crippen LogP contribution in [0.2, 0.25) is 0 Å². The summed E-state index contributed by atoms with van der Waals surface area (Å²) in [5, 5.41) is 11.6. The summed E-state index contributed by atoms with van der Waals surface area (Å²) in [4.78, 5) is 28.8. The first-order chi connectivity index (χ1) is 13.4. The number of urea groups is 1. The summed E-state index contributed by atoms with van der Waals surface area (Å²) in [5.74, 6) is -2.13. The van der Waals surface area contributed by atoms with Crippen LogP contribution >= 0.6 is 23.1 Å². The number of hydrogen-bond donors (Lipinski definition) is 2. The number of amides is 2. The minimum Gasteiger partial charge on any atom is -0.481 e. The molecule has 1 saturated carbocycles. The quantitative estimate of drug-likeness (QED) is 0.619. The molecule has 0 saturated heterocycles. The number of aliphatic carboxylic acids is 1. The number of nitrogens with one attached hydrogen (secondary N) is 1. The maximum absolute atomic E-state index is 14.3. The summed E-state index contributed by atoms with van der Waals surface area (Å²) in [6.07, 6.45) is 5.46. The fourth-order valence-electron chi connectivity index (χ4n) is 3.11. The van der Waals surface area contributed by atoms with E-state index in [-0.39, 0.29) is 29.0 Å². The van der Waals surface area contributed by atoms with E-state index in [0.29, 0.717) is 4.21 Å². The number of nitrogens with zero attached hydrogens (tertiary/aromatic N) is 2. The third kappa shape index (κ3) is 5.41. The lowest BCUT2D eigenvalue weighted by molar-refractivity contribution is -0.133. The second-order valence-corrected chi connectivity index (χ2v) is 8.76. The van der Waals surface area contributed by atoms with Crippen LogP contribution < -0.4 is 10.2 Å². The number of benzene rings is 1. The molecule has 2 N–H and O–H groups in total. The molecule has 0 spiro atoms. The van der Waals surface area contributed by atoms with Crippen molar-refractivity contribution < 1.29 is 23.5 Å². The van der Waals surface area contributed by atoms with Crippen LogP contribution in [0.1, 0.15) is 25.7 Å². The molecule has 0 bridgehead atoms. The lowest BCUT2D eigenvalue weighted by Gasteiger charge is -2.26. The normalized spacial score (nSPS) is 14.2. The zero-order valence-corrected chi connectivity index (χ0v) is 16.5. The molecule has 2 aromatic rings. The van der Waals surface area contributed by atoms with Gasteiger partial charge in [0.25, 0.3) is 0 Å². The van der Waals surface area contributed by atoms with Crippen molar-refractivity contribution in [2.75, 3.05) is 22.5 Å². The van der Waals surface area contributed by atoms with Crippen molar-refractivity contribution >= 4 is 45.9 Å². The third-order valence-corrected chi connectivity index (χ3v) is 6.49. The van der Waals surface area contributed by atoms with E-state index < -0.39 is 23.6 Å². The van der Waals surface area contributed by atoms with Gasteiger partial charge in [-0.25, -0.2) is 18.6 Å². The highest BCUT2D eigenvalue weighted by atomic mass is 32.2. The van der Waals surface area contributed by atoms with Gasteiger partial charge in [0.05, 0.1) is 21.8 Å². The Labute approximate surface area is 169 Å². The fourth-order valence-corrected chi connectivity index (χ4v) is 4.69. The van der Waals surface area contributed by atoms with E-state index in [1.54, 1.807) is 0 Å². The van der Waals surface area contributed by atoms with Crippen LogP contribution in [-0.4, -0.2) is 34.4 Å². The Hall–Kier alpha value is -2.20. The number of aromatic nitrogens is 1. The van der Waals surface area contributed by atoms with E-state index in [0.717, 1.165) is 67.0 Å². The molecule has 10 heteroatoms. The van der Waals surface area contributed by atoms with Crippen molar-refractivity contribution in [1.29, 1.82) is 0 Å². The van der Waals surface area contributed by atoms with Crippen LogP contribution in [0.25, 0.3) is 0 Å². The van der Waals surface area contributed by atoms with Gasteiger partial charge < -0.3 is 5.11 Å². The number of carbonyl (C=O) groups is 2. The minimum absolute atomic E-state index is 0.110. The molecule has 1 heterocycles. The molecule has 28 heavy (non-hydrogen) atoms. The second kappa shape index (κ2) is 9.33. The minimum atomic E-state index is -0.951. The van der Waals surface area contributed by atoms with E-state index >= 15 is 0 Å². The van der Waals surface area contributed by atoms with Gasteiger partial charge in [0, 0.05) is 12.6 Å². The van der Waals surface area contributed by atoms with Crippen molar-refractivity contribution in [3.63, 3.8) is 0 Å². The highest BCUT2D eigenvalue weighted by molar-refractivity contribution is 8.01. The molecule has 0 atom stereocenters. The summed E-state index contributed by atoms with van der Waals surface area (Å²) in [6.45, 7) is 0.290. The number of halogens is 2. The van der Waals surface area contributed by atoms with Crippen LogP contribution in [0, 0.1) is 17.6 Å². The van der Waals surface area contributed by atoms with E-state index in [4.69, 9.17) is 5.11 Å². The molecular formula is C18H19F2N3O3S2. The van der Waals surface area contributed by atoms with Crippen LogP contribution in [-0.2, 0) is 4.79 Å². The first kappa shape index (κ1) is 20.5. The molecule has 0 radical (unpaired) electrons. The lowest BCUT2D eigenvalue weighted by atomic mass is 10.1. The molecular weight excluding hydrogens is 408 g/mol. The third-order valence-electron chi connectivity index (χ3n) is 4.40. The average molecular weight is 427 g/mol. The number of thioether (sulfide) groups is 1. The van der Waals surface area contributed by atoms with Crippen LogP contribution in [0.4, 0.5) is 24.4 Å². The van der Waals surface area contributed by atoms with Gasteiger partial charge in [-0.3, -0.25) is 15.0 Å². The van der Waals surface area contributed by atoms with Gasteiger partial charge in [0.15, 0.2) is 5.13 Å². The highest BCUT2D eigenvalue weighted by Crippen LogP contribution is 2.31. The van der Waals surface area contributed by atoms with E-state index in [9.17, 15) is 18.4 Å². The smallest absolute Gasteiger partial charge is 0.328 e. The Morgan fingerprint density at radius 1 is 1.32 bits per heavy atom. The Kier molecular flexibility index (Phi) is 6.84. The maximum atomic E-state index is 14.3. The number of rotatable bonds is 7. The molecule has 3 rings (SSSR count). The van der Waals surface area contributed by atoms with E-state index in [1.807, 2.05) is 0 Å². The molecule has 0 aliphatic heterocycles. The van der Waals surface area contributed by atoms with Gasteiger partial charge in [-0.1, -0.05) is 24.2 Å². The molecule has 1 aromatic carbocycles. The van der Waals surface area contributed by atoms with Crippen molar-refractivity contribution in [2.45, 2.75) is 29.9 Å². The van der Waals surface area contributed by atoms with Gasteiger partial charge in [-0.2, -0.15) is 0 Å². The first-order valence-corrected chi connectivity index (χ1v) is 10.6. The summed E-state index contributed by atoms with van der Waals surface area (Å²) in [6, 6.07) is 2.43. The SMILES string of the molecule is O=C(O)CSc1cnc(NC(=O)N(CC2CCCC2)c2cc(F)ccc2F)s1. The van der Waals surface area contributed by atoms with E-state index in [2.05, 4.69) is 10.3 Å². The average Bonchev–Trinajstić information content (AvgIpc) is 3.32. The summed E-state index contributed by atoms with van der Waals surface area (Å²) in [5.41, 5.74) is -0.110. The number of thiazole rings is 1. The van der Waals surface area contributed by atoms with E-state index in [1.165, 1.54) is 11.1 Å². The predicted octanol–water partition coefficient (Wildman–Crippen LogP) is 4.83. The molecule has 2 amide bonds. The molecule has 150 valence electrons. The number of carboxylic acids is 1. The van der Waals surface area contributed by atoms with Crippen molar-refractivity contribution in [3.05, 3.63) is 36.0 Å². The van der Waals surface area contributed by atoms with Gasteiger partial charge in [0.1, 0.15) is 11.6 Å². The molecule has 0 unspecified atom stereocenters. The Morgan fingerprint density at radius 3 is 2.79 bits per heavy atom. The Bertz CT molecular complexity index is 856.